The van der Waals surface area contributed by atoms with Gasteiger partial charge in [-0.15, -0.1) is 0 Å². The van der Waals surface area contributed by atoms with Crippen LogP contribution in [0.2, 0.25) is 0 Å². The van der Waals surface area contributed by atoms with Crippen LogP contribution in [0.4, 0.5) is 0 Å². The Labute approximate surface area is 107 Å². The Morgan fingerprint density at radius 2 is 2.33 bits per heavy atom. The molecule has 0 aromatic carbocycles. The predicted molar refractivity (Wildman–Crippen MR) is 70.3 cm³/mol. The quantitative estimate of drug-likeness (QED) is 0.891. The summed E-state index contributed by atoms with van der Waals surface area (Å²) < 4.78 is 2.06. The van der Waals surface area contributed by atoms with E-state index in [1.165, 1.54) is 6.42 Å². The molecule has 0 aliphatic carbocycles. The molecule has 0 spiro atoms. The van der Waals surface area contributed by atoms with Crippen LogP contribution in [0.1, 0.15) is 18.5 Å². The van der Waals surface area contributed by atoms with Crippen LogP contribution < -0.4 is 0 Å². The third-order valence-corrected chi connectivity index (χ3v) is 3.66. The molecular weight excluding hydrogens is 226 g/mol. The van der Waals surface area contributed by atoms with E-state index in [0.717, 1.165) is 37.4 Å². The van der Waals surface area contributed by atoms with E-state index in [4.69, 9.17) is 0 Å². The zero-order chi connectivity index (χ0) is 12.4. The summed E-state index contributed by atoms with van der Waals surface area (Å²) >= 11 is 0. The highest BCUT2D eigenvalue weighted by atomic mass is 16.3. The van der Waals surface area contributed by atoms with Crippen molar-refractivity contribution in [1.29, 1.82) is 0 Å². The summed E-state index contributed by atoms with van der Waals surface area (Å²) in [6, 6.07) is 6.05. The van der Waals surface area contributed by atoms with Gasteiger partial charge in [0.05, 0.1) is 5.69 Å². The lowest BCUT2D eigenvalue weighted by Crippen LogP contribution is -2.36. The van der Waals surface area contributed by atoms with Crippen molar-refractivity contribution in [3.63, 3.8) is 0 Å². The summed E-state index contributed by atoms with van der Waals surface area (Å²) in [7, 11) is 0. The topological polar surface area (TPSA) is 40.8 Å². The van der Waals surface area contributed by atoms with Gasteiger partial charge in [-0.3, -0.25) is 4.90 Å². The van der Waals surface area contributed by atoms with Gasteiger partial charge in [0.25, 0.3) is 0 Å². The van der Waals surface area contributed by atoms with Gasteiger partial charge in [-0.2, -0.15) is 0 Å². The number of piperidine rings is 1. The van der Waals surface area contributed by atoms with Crippen molar-refractivity contribution in [2.24, 2.45) is 5.92 Å². The predicted octanol–water partition coefficient (Wildman–Crippen LogP) is 1.54. The molecule has 1 atom stereocenters. The average Bonchev–Trinajstić information content (AvgIpc) is 2.81. The second kappa shape index (κ2) is 5.08. The number of nitrogens with zero attached hydrogens (tertiary/aromatic N) is 3. The lowest BCUT2D eigenvalue weighted by Gasteiger charge is -2.31. The fourth-order valence-electron chi connectivity index (χ4n) is 2.74. The number of imidazole rings is 1. The lowest BCUT2D eigenvalue weighted by atomic mass is 9.99. The molecule has 1 aliphatic heterocycles. The van der Waals surface area contributed by atoms with E-state index in [9.17, 15) is 5.11 Å². The first kappa shape index (κ1) is 11.7. The van der Waals surface area contributed by atoms with Crippen molar-refractivity contribution in [1.82, 2.24) is 14.3 Å². The molecule has 96 valence electrons. The summed E-state index contributed by atoms with van der Waals surface area (Å²) in [4.78, 5) is 7.01. The summed E-state index contributed by atoms with van der Waals surface area (Å²) in [6.45, 7) is 3.30. The Balaban J connectivity index is 1.71. The zero-order valence-electron chi connectivity index (χ0n) is 10.5. The zero-order valence-corrected chi connectivity index (χ0v) is 10.5. The number of aliphatic hydroxyl groups excluding tert-OH is 1. The Morgan fingerprint density at radius 1 is 1.39 bits per heavy atom. The largest absolute Gasteiger partial charge is 0.396 e. The van der Waals surface area contributed by atoms with Gasteiger partial charge in [0, 0.05) is 32.1 Å². The molecular formula is C14H19N3O. The van der Waals surface area contributed by atoms with Crippen LogP contribution in [0.15, 0.2) is 30.6 Å². The third-order valence-electron chi connectivity index (χ3n) is 3.66. The van der Waals surface area contributed by atoms with Gasteiger partial charge in [0.1, 0.15) is 5.65 Å². The maximum atomic E-state index is 9.24. The highest BCUT2D eigenvalue weighted by Gasteiger charge is 2.19. The van der Waals surface area contributed by atoms with Crippen LogP contribution in [0.3, 0.4) is 0 Å². The molecule has 4 heteroatoms. The normalized spacial score (nSPS) is 21.5. The van der Waals surface area contributed by atoms with Crippen LogP contribution in [0.5, 0.6) is 0 Å². The van der Waals surface area contributed by atoms with Crippen LogP contribution in [0.25, 0.3) is 5.65 Å². The molecule has 4 nitrogen and oxygen atoms in total. The van der Waals surface area contributed by atoms with E-state index in [-0.39, 0.29) is 0 Å². The molecule has 3 rings (SSSR count). The number of rotatable bonds is 3. The van der Waals surface area contributed by atoms with E-state index in [0.29, 0.717) is 12.5 Å². The van der Waals surface area contributed by atoms with Gasteiger partial charge in [-0.25, -0.2) is 4.98 Å². The first-order valence-corrected chi connectivity index (χ1v) is 6.61. The lowest BCUT2D eigenvalue weighted by molar-refractivity contribution is 0.115. The minimum Gasteiger partial charge on any atom is -0.396 e. The summed E-state index contributed by atoms with van der Waals surface area (Å²) in [6.07, 6.45) is 6.45. The van der Waals surface area contributed by atoms with Crippen molar-refractivity contribution in [3.05, 3.63) is 36.3 Å². The highest BCUT2D eigenvalue weighted by Crippen LogP contribution is 2.18. The number of pyridine rings is 1. The van der Waals surface area contributed by atoms with Crippen molar-refractivity contribution in [2.45, 2.75) is 19.4 Å². The van der Waals surface area contributed by atoms with E-state index >= 15 is 0 Å². The molecule has 3 heterocycles. The second-order valence-corrected chi connectivity index (χ2v) is 5.12. The summed E-state index contributed by atoms with van der Waals surface area (Å²) in [5, 5.41) is 9.24. The molecule has 0 amide bonds. The van der Waals surface area contributed by atoms with Crippen molar-refractivity contribution >= 4 is 5.65 Å². The summed E-state index contributed by atoms with van der Waals surface area (Å²) in [5.41, 5.74) is 2.11. The molecule has 0 saturated carbocycles. The van der Waals surface area contributed by atoms with E-state index in [2.05, 4.69) is 20.5 Å². The maximum absolute atomic E-state index is 9.24. The van der Waals surface area contributed by atoms with Crippen LogP contribution in [0, 0.1) is 5.92 Å². The molecule has 18 heavy (non-hydrogen) atoms. The van der Waals surface area contributed by atoms with Gasteiger partial charge in [-0.05, 0) is 37.4 Å². The Morgan fingerprint density at radius 3 is 3.17 bits per heavy atom. The molecule has 2 aromatic heterocycles. The second-order valence-electron chi connectivity index (χ2n) is 5.12. The SMILES string of the molecule is OCC1CCCN(Cc2cn3ccccc3n2)C1. The number of aromatic nitrogens is 2. The fraction of sp³-hybridized carbons (Fsp3) is 0.500. The molecule has 1 N–H and O–H groups in total. The highest BCUT2D eigenvalue weighted by molar-refractivity contribution is 5.39. The number of likely N-dealkylation sites (tertiary alicyclic amines) is 1. The third kappa shape index (κ3) is 2.40. The fourth-order valence-corrected chi connectivity index (χ4v) is 2.74. The maximum Gasteiger partial charge on any atom is 0.137 e. The molecule has 0 bridgehead atoms. The number of aliphatic hydroxyl groups is 1. The first-order valence-electron chi connectivity index (χ1n) is 6.61. The minimum atomic E-state index is 0.307. The monoisotopic (exact) mass is 245 g/mol. The van der Waals surface area contributed by atoms with Crippen molar-refractivity contribution in [2.75, 3.05) is 19.7 Å². The summed E-state index contributed by atoms with van der Waals surface area (Å²) in [5.74, 6) is 0.441. The number of hydrogen-bond donors (Lipinski definition) is 1. The van der Waals surface area contributed by atoms with E-state index < -0.39 is 0 Å². The number of hydrogen-bond acceptors (Lipinski definition) is 3. The van der Waals surface area contributed by atoms with Gasteiger partial charge in [0.2, 0.25) is 0 Å². The van der Waals surface area contributed by atoms with Crippen LogP contribution in [-0.2, 0) is 6.54 Å². The minimum absolute atomic E-state index is 0.307. The van der Waals surface area contributed by atoms with Crippen molar-refractivity contribution in [3.8, 4) is 0 Å². The molecule has 1 fully saturated rings. The molecule has 2 aromatic rings. The van der Waals surface area contributed by atoms with Gasteiger partial charge in [0.15, 0.2) is 0 Å². The van der Waals surface area contributed by atoms with Gasteiger partial charge in [-0.1, -0.05) is 6.07 Å². The Hall–Kier alpha value is -1.39. The first-order chi connectivity index (χ1) is 8.85. The molecule has 1 unspecified atom stereocenters. The van der Waals surface area contributed by atoms with Crippen molar-refractivity contribution < 1.29 is 5.11 Å². The smallest absolute Gasteiger partial charge is 0.137 e. The average molecular weight is 245 g/mol. The molecule has 1 saturated heterocycles. The standard InChI is InChI=1S/C14H19N3O/c18-11-12-4-3-6-16(8-12)9-13-10-17-7-2-1-5-14(17)15-13/h1-2,5,7,10,12,18H,3-4,6,8-9,11H2. The Kier molecular flexibility index (Phi) is 3.30. The van der Waals surface area contributed by atoms with Crippen LogP contribution in [-0.4, -0.2) is 39.1 Å². The Bertz CT molecular complexity index is 489. The van der Waals surface area contributed by atoms with Gasteiger partial charge < -0.3 is 9.51 Å². The van der Waals surface area contributed by atoms with E-state index in [1.54, 1.807) is 0 Å². The van der Waals surface area contributed by atoms with Crippen LogP contribution >= 0.6 is 0 Å². The number of fused-ring (bicyclic) bond motifs is 1. The molecule has 0 radical (unpaired) electrons. The molecule has 1 aliphatic rings. The van der Waals surface area contributed by atoms with Gasteiger partial charge >= 0.3 is 0 Å². The van der Waals surface area contributed by atoms with E-state index in [1.807, 2.05) is 24.4 Å².